The van der Waals surface area contributed by atoms with E-state index in [1.807, 2.05) is 0 Å². The van der Waals surface area contributed by atoms with Crippen molar-refractivity contribution in [3.63, 3.8) is 0 Å². The van der Waals surface area contributed by atoms with Gasteiger partial charge in [0, 0.05) is 23.6 Å². The Bertz CT molecular complexity index is 391. The first-order valence-corrected chi connectivity index (χ1v) is 8.59. The average molecular weight is 341 g/mol. The molecule has 1 N–H and O–H groups in total. The molecule has 0 aromatic heterocycles. The lowest BCUT2D eigenvalue weighted by Gasteiger charge is -2.21. The molecule has 0 radical (unpaired) electrons. The molecule has 1 aromatic carbocycles. The Hall–Kier alpha value is -0.380. The first-order chi connectivity index (χ1) is 9.56. The Balaban J connectivity index is 2.62. The fourth-order valence-corrected chi connectivity index (χ4v) is 2.67. The van der Waals surface area contributed by atoms with E-state index in [0.717, 1.165) is 19.6 Å². The minimum absolute atomic E-state index is 0.526. The highest BCUT2D eigenvalue weighted by molar-refractivity contribution is 9.10. The number of halogens is 1. The van der Waals surface area contributed by atoms with E-state index in [4.69, 9.17) is 0 Å². The van der Waals surface area contributed by atoms with E-state index in [-0.39, 0.29) is 0 Å². The molecule has 2 nitrogen and oxygen atoms in total. The molecule has 0 aliphatic rings. The molecule has 0 saturated heterocycles. The maximum Gasteiger partial charge on any atom is 0.0244 e. The van der Waals surface area contributed by atoms with Crippen LogP contribution in [0.4, 0.5) is 0 Å². The molecule has 1 rings (SSSR count). The fraction of sp³-hybridized carbons (Fsp3) is 0.647. The Morgan fingerprint density at radius 3 is 2.55 bits per heavy atom. The van der Waals surface area contributed by atoms with E-state index in [1.165, 1.54) is 35.0 Å². The van der Waals surface area contributed by atoms with Crippen LogP contribution in [0.25, 0.3) is 0 Å². The highest BCUT2D eigenvalue weighted by atomic mass is 79.9. The van der Waals surface area contributed by atoms with Crippen molar-refractivity contribution in [3.8, 4) is 0 Å². The lowest BCUT2D eigenvalue weighted by Crippen LogP contribution is -2.24. The Labute approximate surface area is 133 Å². The summed E-state index contributed by atoms with van der Waals surface area (Å²) >= 11 is 3.73. The first-order valence-electron chi connectivity index (χ1n) is 7.79. The quantitative estimate of drug-likeness (QED) is 0.708. The van der Waals surface area contributed by atoms with Gasteiger partial charge in [-0.05, 0) is 36.7 Å². The summed E-state index contributed by atoms with van der Waals surface area (Å²) < 4.78 is 1.23. The van der Waals surface area contributed by atoms with Crippen LogP contribution in [0.15, 0.2) is 22.7 Å². The lowest BCUT2D eigenvalue weighted by molar-refractivity contribution is 0.275. The van der Waals surface area contributed by atoms with Crippen LogP contribution in [-0.4, -0.2) is 24.0 Å². The van der Waals surface area contributed by atoms with Gasteiger partial charge in [0.15, 0.2) is 0 Å². The molecule has 0 spiro atoms. The molecular formula is C17H29BrN2. The van der Waals surface area contributed by atoms with Crippen LogP contribution in [0.5, 0.6) is 0 Å². The van der Waals surface area contributed by atoms with Gasteiger partial charge in [0.05, 0.1) is 0 Å². The summed E-state index contributed by atoms with van der Waals surface area (Å²) in [6.45, 7) is 13.1. The summed E-state index contributed by atoms with van der Waals surface area (Å²) in [4.78, 5) is 2.51. The Morgan fingerprint density at radius 2 is 2.00 bits per heavy atom. The van der Waals surface area contributed by atoms with Crippen LogP contribution in [-0.2, 0) is 13.1 Å². The number of nitrogens with one attached hydrogen (secondary N) is 1. The van der Waals surface area contributed by atoms with Crippen molar-refractivity contribution in [2.24, 2.45) is 0 Å². The van der Waals surface area contributed by atoms with Crippen molar-refractivity contribution < 1.29 is 0 Å². The summed E-state index contributed by atoms with van der Waals surface area (Å²) in [5, 5.41) is 3.46. The molecule has 0 fully saturated rings. The van der Waals surface area contributed by atoms with Gasteiger partial charge in [0.2, 0.25) is 0 Å². The van der Waals surface area contributed by atoms with Gasteiger partial charge in [-0.2, -0.15) is 0 Å². The smallest absolute Gasteiger partial charge is 0.0244 e. The van der Waals surface area contributed by atoms with Gasteiger partial charge in [-0.1, -0.05) is 62.2 Å². The van der Waals surface area contributed by atoms with Crippen LogP contribution in [0.2, 0.25) is 0 Å². The van der Waals surface area contributed by atoms with Gasteiger partial charge < -0.3 is 5.32 Å². The average Bonchev–Trinajstić information content (AvgIpc) is 2.43. The monoisotopic (exact) mass is 340 g/mol. The van der Waals surface area contributed by atoms with Gasteiger partial charge >= 0.3 is 0 Å². The van der Waals surface area contributed by atoms with Crippen LogP contribution in [0, 0.1) is 0 Å². The zero-order chi connectivity index (χ0) is 15.0. The molecule has 0 atom stereocenters. The third kappa shape index (κ3) is 6.38. The number of hydrogen-bond donors (Lipinski definition) is 1. The van der Waals surface area contributed by atoms with E-state index in [9.17, 15) is 0 Å². The number of benzene rings is 1. The summed E-state index contributed by atoms with van der Waals surface area (Å²) in [5.74, 6) is 0. The zero-order valence-corrected chi connectivity index (χ0v) is 15.0. The maximum absolute atomic E-state index is 3.73. The van der Waals surface area contributed by atoms with Gasteiger partial charge in [-0.15, -0.1) is 0 Å². The number of rotatable bonds is 9. The third-order valence-electron chi connectivity index (χ3n) is 3.50. The Kier molecular flexibility index (Phi) is 8.43. The topological polar surface area (TPSA) is 15.3 Å². The Morgan fingerprint density at radius 1 is 1.25 bits per heavy atom. The second-order valence-electron chi connectivity index (χ2n) is 5.68. The largest absolute Gasteiger partial charge is 0.310 e. The van der Waals surface area contributed by atoms with Crippen LogP contribution in [0.3, 0.4) is 0 Å². The predicted molar refractivity (Wildman–Crippen MR) is 92.0 cm³/mol. The van der Waals surface area contributed by atoms with Crippen molar-refractivity contribution in [3.05, 3.63) is 33.8 Å². The highest BCUT2D eigenvalue weighted by Crippen LogP contribution is 2.20. The van der Waals surface area contributed by atoms with Gasteiger partial charge in [-0.3, -0.25) is 4.90 Å². The standard InChI is InChI=1S/C17H29BrN2/c1-5-7-10-20(6-2)13-16-9-8-15(11-17(16)18)12-19-14(3)4/h8-9,11,14,19H,5-7,10,12-13H2,1-4H3. The molecule has 114 valence electrons. The van der Waals surface area contributed by atoms with Crippen molar-refractivity contribution in [1.82, 2.24) is 10.2 Å². The van der Waals surface area contributed by atoms with Crippen LogP contribution >= 0.6 is 15.9 Å². The molecule has 0 aliphatic carbocycles. The fourth-order valence-electron chi connectivity index (χ4n) is 2.12. The first kappa shape index (κ1) is 17.7. The van der Waals surface area contributed by atoms with Gasteiger partial charge in [0.1, 0.15) is 0 Å². The minimum Gasteiger partial charge on any atom is -0.310 e. The van der Waals surface area contributed by atoms with E-state index in [2.05, 4.69) is 72.0 Å². The van der Waals surface area contributed by atoms with Crippen molar-refractivity contribution in [2.75, 3.05) is 13.1 Å². The molecule has 20 heavy (non-hydrogen) atoms. The maximum atomic E-state index is 3.73. The second kappa shape index (κ2) is 9.54. The number of unbranched alkanes of at least 4 members (excludes halogenated alkanes) is 1. The molecule has 0 heterocycles. The van der Waals surface area contributed by atoms with E-state index < -0.39 is 0 Å². The summed E-state index contributed by atoms with van der Waals surface area (Å²) in [6.07, 6.45) is 2.54. The van der Waals surface area contributed by atoms with Crippen LogP contribution < -0.4 is 5.32 Å². The molecule has 1 aromatic rings. The lowest BCUT2D eigenvalue weighted by atomic mass is 10.1. The van der Waals surface area contributed by atoms with Gasteiger partial charge in [-0.25, -0.2) is 0 Å². The zero-order valence-electron chi connectivity index (χ0n) is 13.4. The normalized spacial score (nSPS) is 11.6. The number of hydrogen-bond acceptors (Lipinski definition) is 2. The van der Waals surface area contributed by atoms with Crippen LogP contribution in [0.1, 0.15) is 51.7 Å². The minimum atomic E-state index is 0.526. The molecule has 0 unspecified atom stereocenters. The third-order valence-corrected chi connectivity index (χ3v) is 4.24. The predicted octanol–water partition coefficient (Wildman–Crippen LogP) is 4.57. The van der Waals surface area contributed by atoms with E-state index in [0.29, 0.717) is 6.04 Å². The molecule has 0 amide bonds. The molecule has 0 aliphatic heterocycles. The van der Waals surface area contributed by atoms with E-state index in [1.54, 1.807) is 0 Å². The molecular weight excluding hydrogens is 312 g/mol. The highest BCUT2D eigenvalue weighted by Gasteiger charge is 2.07. The summed E-state index contributed by atoms with van der Waals surface area (Å²) in [7, 11) is 0. The molecule has 3 heteroatoms. The molecule has 0 bridgehead atoms. The van der Waals surface area contributed by atoms with Gasteiger partial charge in [0.25, 0.3) is 0 Å². The van der Waals surface area contributed by atoms with Crippen molar-refractivity contribution >= 4 is 15.9 Å². The molecule has 0 saturated carbocycles. The van der Waals surface area contributed by atoms with Crippen molar-refractivity contribution in [2.45, 2.75) is 59.7 Å². The van der Waals surface area contributed by atoms with E-state index >= 15 is 0 Å². The van der Waals surface area contributed by atoms with Crippen molar-refractivity contribution in [1.29, 1.82) is 0 Å². The summed E-state index contributed by atoms with van der Waals surface area (Å²) in [5.41, 5.74) is 2.72. The summed E-state index contributed by atoms with van der Waals surface area (Å²) in [6, 6.07) is 7.27. The second-order valence-corrected chi connectivity index (χ2v) is 6.54. The number of nitrogens with zero attached hydrogens (tertiary/aromatic N) is 1. The SMILES string of the molecule is CCCCN(CC)Cc1ccc(CNC(C)C)cc1Br.